The second-order valence-corrected chi connectivity index (χ2v) is 7.74. The lowest BCUT2D eigenvalue weighted by Gasteiger charge is -2.21. The zero-order chi connectivity index (χ0) is 16.9. The van der Waals surface area contributed by atoms with Gasteiger partial charge < -0.3 is 9.88 Å². The van der Waals surface area contributed by atoms with Crippen molar-refractivity contribution in [3.8, 4) is 0 Å². The Kier molecular flexibility index (Phi) is 5.61. The molecule has 4 nitrogen and oxygen atoms in total. The first kappa shape index (κ1) is 17.1. The number of thioether (sulfide) groups is 1. The van der Waals surface area contributed by atoms with Crippen LogP contribution in [0.3, 0.4) is 0 Å². The summed E-state index contributed by atoms with van der Waals surface area (Å²) in [6.07, 6.45) is 7.23. The summed E-state index contributed by atoms with van der Waals surface area (Å²) in [5, 5.41) is 4.15. The zero-order valence-corrected chi connectivity index (χ0v) is 15.1. The summed E-state index contributed by atoms with van der Waals surface area (Å²) >= 11 is 1.53. The molecule has 0 aliphatic heterocycles. The number of hydrogen-bond donors (Lipinski definition) is 1. The predicted molar refractivity (Wildman–Crippen MR) is 98.0 cm³/mol. The summed E-state index contributed by atoms with van der Waals surface area (Å²) in [5.41, 5.74) is 1.17. The maximum absolute atomic E-state index is 12.4. The largest absolute Gasteiger partial charge is 0.349 e. The van der Waals surface area contributed by atoms with E-state index in [0.717, 1.165) is 11.6 Å². The van der Waals surface area contributed by atoms with Crippen LogP contribution in [0.1, 0.15) is 50.8 Å². The molecule has 0 spiro atoms. The minimum absolute atomic E-state index is 0.0693. The normalized spacial score (nSPS) is 15.5. The van der Waals surface area contributed by atoms with Gasteiger partial charge in [0.2, 0.25) is 5.91 Å². The van der Waals surface area contributed by atoms with Crippen LogP contribution >= 0.6 is 11.8 Å². The Morgan fingerprint density at radius 1 is 1.33 bits per heavy atom. The van der Waals surface area contributed by atoms with Crippen molar-refractivity contribution in [3.05, 3.63) is 48.3 Å². The van der Waals surface area contributed by atoms with E-state index in [1.165, 1.54) is 30.2 Å². The Balaban J connectivity index is 1.58. The molecule has 5 heteroatoms. The van der Waals surface area contributed by atoms with E-state index in [0.29, 0.717) is 17.7 Å². The van der Waals surface area contributed by atoms with Gasteiger partial charge in [-0.3, -0.25) is 4.79 Å². The fraction of sp³-hybridized carbons (Fsp3) is 0.474. The summed E-state index contributed by atoms with van der Waals surface area (Å²) in [5.74, 6) is 1.00. The molecule has 1 aromatic carbocycles. The molecule has 1 saturated carbocycles. The molecule has 128 valence electrons. The molecule has 1 fully saturated rings. The molecule has 0 radical (unpaired) electrons. The number of hydrogen-bond acceptors (Lipinski definition) is 3. The number of rotatable bonds is 8. The van der Waals surface area contributed by atoms with Crippen LogP contribution in [0.2, 0.25) is 0 Å². The fourth-order valence-electron chi connectivity index (χ4n) is 2.84. The molecule has 3 rings (SSSR count). The lowest BCUT2D eigenvalue weighted by atomic mass is 9.97. The number of carbonyl (C=O) groups is 1. The first-order valence-electron chi connectivity index (χ1n) is 8.63. The monoisotopic (exact) mass is 343 g/mol. The SMILES string of the molecule is CC(C)CC(NC(=O)CSc1nccn1C1CC1)c1ccccc1. The highest BCUT2D eigenvalue weighted by Gasteiger charge is 2.26. The van der Waals surface area contributed by atoms with Crippen LogP contribution in [0.25, 0.3) is 0 Å². The van der Waals surface area contributed by atoms with Crippen molar-refractivity contribution in [2.24, 2.45) is 5.92 Å². The van der Waals surface area contributed by atoms with Gasteiger partial charge in [-0.1, -0.05) is 55.9 Å². The number of carbonyl (C=O) groups excluding carboxylic acids is 1. The van der Waals surface area contributed by atoms with Crippen molar-refractivity contribution in [2.75, 3.05) is 5.75 Å². The highest BCUT2D eigenvalue weighted by Crippen LogP contribution is 2.37. The maximum atomic E-state index is 12.4. The Hall–Kier alpha value is -1.75. The predicted octanol–water partition coefficient (Wildman–Crippen LogP) is 4.21. The van der Waals surface area contributed by atoms with Gasteiger partial charge in [-0.15, -0.1) is 0 Å². The van der Waals surface area contributed by atoms with Crippen LogP contribution < -0.4 is 5.32 Å². The van der Waals surface area contributed by atoms with Crippen LogP contribution in [0, 0.1) is 5.92 Å². The van der Waals surface area contributed by atoms with Gasteiger partial charge in [-0.05, 0) is 30.7 Å². The van der Waals surface area contributed by atoms with Crippen molar-refractivity contribution in [2.45, 2.75) is 50.4 Å². The molecule has 1 aromatic heterocycles. The van der Waals surface area contributed by atoms with E-state index in [4.69, 9.17) is 0 Å². The zero-order valence-electron chi connectivity index (χ0n) is 14.3. The quantitative estimate of drug-likeness (QED) is 0.730. The second kappa shape index (κ2) is 7.88. The Morgan fingerprint density at radius 2 is 2.08 bits per heavy atom. The van der Waals surface area contributed by atoms with Gasteiger partial charge in [0.05, 0.1) is 11.8 Å². The third-order valence-electron chi connectivity index (χ3n) is 4.15. The summed E-state index contributed by atoms with van der Waals surface area (Å²) < 4.78 is 2.20. The average Bonchev–Trinajstić information content (AvgIpc) is 3.31. The van der Waals surface area contributed by atoms with Gasteiger partial charge in [-0.25, -0.2) is 4.98 Å². The van der Waals surface area contributed by atoms with Crippen LogP contribution in [-0.4, -0.2) is 21.2 Å². The fourth-order valence-corrected chi connectivity index (χ4v) is 3.68. The van der Waals surface area contributed by atoms with Crippen molar-refractivity contribution >= 4 is 17.7 Å². The summed E-state index contributed by atoms with van der Waals surface area (Å²) in [6.45, 7) is 4.37. The molecule has 1 aliphatic rings. The van der Waals surface area contributed by atoms with Crippen molar-refractivity contribution in [3.63, 3.8) is 0 Å². The van der Waals surface area contributed by atoms with Crippen molar-refractivity contribution in [1.82, 2.24) is 14.9 Å². The molecule has 0 bridgehead atoms. The third-order valence-corrected chi connectivity index (χ3v) is 5.13. The van der Waals surface area contributed by atoms with Gasteiger partial charge in [0.25, 0.3) is 0 Å². The van der Waals surface area contributed by atoms with Gasteiger partial charge in [0.15, 0.2) is 5.16 Å². The van der Waals surface area contributed by atoms with Gasteiger partial charge in [0.1, 0.15) is 0 Å². The van der Waals surface area contributed by atoms with Crippen LogP contribution in [0.15, 0.2) is 47.9 Å². The molecule has 24 heavy (non-hydrogen) atoms. The number of nitrogens with zero attached hydrogens (tertiary/aromatic N) is 2. The minimum Gasteiger partial charge on any atom is -0.349 e. The van der Waals surface area contributed by atoms with Crippen molar-refractivity contribution < 1.29 is 4.79 Å². The Labute approximate surface area is 148 Å². The second-order valence-electron chi connectivity index (χ2n) is 6.80. The summed E-state index contributed by atoms with van der Waals surface area (Å²) in [7, 11) is 0. The van der Waals surface area contributed by atoms with E-state index in [2.05, 4.69) is 40.8 Å². The Morgan fingerprint density at radius 3 is 2.75 bits per heavy atom. The number of imidazole rings is 1. The number of amides is 1. The molecule has 1 amide bonds. The molecule has 0 saturated heterocycles. The average molecular weight is 343 g/mol. The van der Waals surface area contributed by atoms with Gasteiger partial charge >= 0.3 is 0 Å². The van der Waals surface area contributed by atoms with Crippen LogP contribution in [0.5, 0.6) is 0 Å². The summed E-state index contributed by atoms with van der Waals surface area (Å²) in [6, 6.07) is 10.9. The first-order valence-corrected chi connectivity index (χ1v) is 9.62. The first-order chi connectivity index (χ1) is 11.6. The van der Waals surface area contributed by atoms with Crippen LogP contribution in [0.4, 0.5) is 0 Å². The Bertz CT molecular complexity index is 664. The molecule has 1 aliphatic carbocycles. The molecule has 1 atom stereocenters. The smallest absolute Gasteiger partial charge is 0.230 e. The number of nitrogens with one attached hydrogen (secondary N) is 1. The van der Waals surface area contributed by atoms with Gasteiger partial charge in [0, 0.05) is 18.4 Å². The van der Waals surface area contributed by atoms with E-state index in [-0.39, 0.29) is 11.9 Å². The standard InChI is InChI=1S/C19H25N3OS/c1-14(2)12-17(15-6-4-3-5-7-15)21-18(23)13-24-19-20-10-11-22(19)16-8-9-16/h3-7,10-11,14,16-17H,8-9,12-13H2,1-2H3,(H,21,23). The van der Waals surface area contributed by atoms with E-state index in [1.807, 2.05) is 30.6 Å². The summed E-state index contributed by atoms with van der Waals surface area (Å²) in [4.78, 5) is 16.8. The lowest BCUT2D eigenvalue weighted by Crippen LogP contribution is -2.31. The molecular formula is C19H25N3OS. The van der Waals surface area contributed by atoms with E-state index < -0.39 is 0 Å². The van der Waals surface area contributed by atoms with Gasteiger partial charge in [-0.2, -0.15) is 0 Å². The number of benzene rings is 1. The van der Waals surface area contributed by atoms with E-state index in [9.17, 15) is 4.79 Å². The number of aromatic nitrogens is 2. The van der Waals surface area contributed by atoms with E-state index in [1.54, 1.807) is 0 Å². The van der Waals surface area contributed by atoms with Crippen molar-refractivity contribution in [1.29, 1.82) is 0 Å². The molecule has 1 N–H and O–H groups in total. The highest BCUT2D eigenvalue weighted by atomic mass is 32.2. The molecular weight excluding hydrogens is 318 g/mol. The van der Waals surface area contributed by atoms with E-state index >= 15 is 0 Å². The van der Waals surface area contributed by atoms with Crippen LogP contribution in [-0.2, 0) is 4.79 Å². The molecule has 1 unspecified atom stereocenters. The lowest BCUT2D eigenvalue weighted by molar-refractivity contribution is -0.119. The topological polar surface area (TPSA) is 46.9 Å². The molecule has 2 aromatic rings. The minimum atomic E-state index is 0.0693. The third kappa shape index (κ3) is 4.63. The maximum Gasteiger partial charge on any atom is 0.230 e. The highest BCUT2D eigenvalue weighted by molar-refractivity contribution is 7.99. The molecule has 1 heterocycles.